The molecule has 138 valence electrons. The maximum Gasteiger partial charge on any atom is 0.235 e. The number of hydrogen-bond donors (Lipinski definition) is 1. The number of fused-ring (bicyclic) bond motifs is 1. The molecule has 0 bridgehead atoms. The molecule has 0 radical (unpaired) electrons. The Hall–Kier alpha value is -2.74. The van der Waals surface area contributed by atoms with E-state index in [1.165, 1.54) is 52.8 Å². The Bertz CT molecular complexity index is 1030. The van der Waals surface area contributed by atoms with Crippen LogP contribution in [0, 0.1) is 24.4 Å². The number of nitrogens with one attached hydrogen (secondary N) is 1. The predicted molar refractivity (Wildman–Crippen MR) is 97.5 cm³/mol. The predicted octanol–water partition coefficient (Wildman–Crippen LogP) is 4.37. The lowest BCUT2D eigenvalue weighted by Crippen LogP contribution is -2.15. The maximum absolute atomic E-state index is 14.5. The molecule has 1 N–H and O–H groups in total. The Kier molecular flexibility index (Phi) is 4.43. The van der Waals surface area contributed by atoms with E-state index in [1.54, 1.807) is 6.92 Å². The summed E-state index contributed by atoms with van der Waals surface area (Å²) in [6.45, 7) is 1.74. The van der Waals surface area contributed by atoms with Crippen molar-refractivity contribution in [3.05, 3.63) is 76.7 Å². The van der Waals surface area contributed by atoms with Crippen molar-refractivity contribution < 1.29 is 18.0 Å². The zero-order chi connectivity index (χ0) is 19.1. The van der Waals surface area contributed by atoms with Crippen LogP contribution in [0.2, 0.25) is 0 Å². The molecule has 27 heavy (non-hydrogen) atoms. The van der Waals surface area contributed by atoms with E-state index < -0.39 is 22.7 Å². The van der Waals surface area contributed by atoms with E-state index in [4.69, 9.17) is 0 Å². The Morgan fingerprint density at radius 3 is 2.63 bits per heavy atom. The summed E-state index contributed by atoms with van der Waals surface area (Å²) >= 11 is 1.20. The minimum Gasteiger partial charge on any atom is -0.310 e. The Morgan fingerprint density at radius 1 is 1.15 bits per heavy atom. The standard InChI is InChI=1S/C19H14F3N3OS/c1-10-16-18(13-3-2-4-14(21)17(13)22)27-9-15(26)23-19(16)25(24-10)12-7-5-11(20)6-8-12/h2-8,18H,9H2,1H3,(H,23,26)/t18-/m1/s1. The smallest absolute Gasteiger partial charge is 0.235 e. The van der Waals surface area contributed by atoms with Crippen LogP contribution in [0.5, 0.6) is 0 Å². The fourth-order valence-corrected chi connectivity index (χ4v) is 4.32. The normalized spacial score (nSPS) is 16.6. The lowest BCUT2D eigenvalue weighted by Gasteiger charge is -2.16. The van der Waals surface area contributed by atoms with Gasteiger partial charge < -0.3 is 5.32 Å². The average Bonchev–Trinajstić information content (AvgIpc) is 2.84. The monoisotopic (exact) mass is 389 g/mol. The van der Waals surface area contributed by atoms with E-state index in [-0.39, 0.29) is 17.2 Å². The second-order valence-electron chi connectivity index (χ2n) is 6.12. The lowest BCUT2D eigenvalue weighted by atomic mass is 10.0. The third kappa shape index (κ3) is 3.10. The number of halogens is 3. The first-order chi connectivity index (χ1) is 13.0. The summed E-state index contributed by atoms with van der Waals surface area (Å²) in [5.74, 6) is -2.09. The number of thioether (sulfide) groups is 1. The summed E-state index contributed by atoms with van der Waals surface area (Å²) in [5, 5.41) is 6.63. The molecule has 0 unspecified atom stereocenters. The molecule has 1 aliphatic rings. The number of benzene rings is 2. The molecule has 1 aromatic heterocycles. The molecule has 0 spiro atoms. The van der Waals surface area contributed by atoms with Gasteiger partial charge in [0.25, 0.3) is 0 Å². The second-order valence-corrected chi connectivity index (χ2v) is 7.21. The van der Waals surface area contributed by atoms with Gasteiger partial charge in [-0.25, -0.2) is 17.9 Å². The van der Waals surface area contributed by atoms with E-state index in [1.807, 2.05) is 0 Å². The minimum absolute atomic E-state index is 0.0815. The van der Waals surface area contributed by atoms with Crippen molar-refractivity contribution in [2.24, 2.45) is 0 Å². The van der Waals surface area contributed by atoms with E-state index in [0.717, 1.165) is 6.07 Å². The Labute approximate surface area is 157 Å². The summed E-state index contributed by atoms with van der Waals surface area (Å²) in [6.07, 6.45) is 0. The Morgan fingerprint density at radius 2 is 1.89 bits per heavy atom. The minimum atomic E-state index is -0.943. The van der Waals surface area contributed by atoms with Gasteiger partial charge in [0, 0.05) is 11.1 Å². The molecule has 0 saturated carbocycles. The van der Waals surface area contributed by atoms with E-state index >= 15 is 0 Å². The zero-order valence-electron chi connectivity index (χ0n) is 14.2. The van der Waals surface area contributed by atoms with Gasteiger partial charge in [-0.1, -0.05) is 12.1 Å². The summed E-state index contributed by atoms with van der Waals surface area (Å²) in [6, 6.07) is 9.64. The van der Waals surface area contributed by atoms with E-state index in [0.29, 0.717) is 22.8 Å². The average molecular weight is 389 g/mol. The topological polar surface area (TPSA) is 46.9 Å². The van der Waals surface area contributed by atoms with Crippen LogP contribution in [0.25, 0.3) is 5.69 Å². The molecule has 1 amide bonds. The molecule has 4 rings (SSSR count). The number of nitrogens with zero attached hydrogens (tertiary/aromatic N) is 2. The summed E-state index contributed by atoms with van der Waals surface area (Å²) in [5.41, 5.74) is 1.86. The van der Waals surface area contributed by atoms with Crippen molar-refractivity contribution in [1.82, 2.24) is 9.78 Å². The number of hydrogen-bond acceptors (Lipinski definition) is 3. The molecule has 2 aromatic carbocycles. The number of anilines is 1. The fraction of sp³-hybridized carbons (Fsp3) is 0.158. The first-order valence-corrected chi connectivity index (χ1v) is 9.21. The second kappa shape index (κ2) is 6.77. The number of carbonyl (C=O) groups excluding carboxylic acids is 1. The third-order valence-electron chi connectivity index (χ3n) is 4.34. The highest BCUT2D eigenvalue weighted by molar-refractivity contribution is 8.00. The van der Waals surface area contributed by atoms with Crippen LogP contribution in [0.15, 0.2) is 42.5 Å². The first-order valence-electron chi connectivity index (χ1n) is 8.16. The van der Waals surface area contributed by atoms with E-state index in [2.05, 4.69) is 10.4 Å². The molecule has 3 aromatic rings. The molecule has 0 fully saturated rings. The zero-order valence-corrected chi connectivity index (χ0v) is 15.0. The lowest BCUT2D eigenvalue weighted by molar-refractivity contribution is -0.113. The van der Waals surface area contributed by atoms with Crippen LogP contribution in [0.4, 0.5) is 19.0 Å². The molecule has 2 heterocycles. The van der Waals surface area contributed by atoms with Crippen LogP contribution in [0.1, 0.15) is 22.1 Å². The van der Waals surface area contributed by atoms with Crippen molar-refractivity contribution >= 4 is 23.5 Å². The van der Waals surface area contributed by atoms with Gasteiger partial charge in [-0.05, 0) is 37.3 Å². The Balaban J connectivity index is 1.91. The van der Waals surface area contributed by atoms with Gasteiger partial charge >= 0.3 is 0 Å². The molecule has 1 aliphatic heterocycles. The van der Waals surface area contributed by atoms with Crippen LogP contribution in [-0.4, -0.2) is 21.4 Å². The molecular formula is C19H14F3N3OS. The number of aryl methyl sites for hydroxylation is 1. The summed E-state index contributed by atoms with van der Waals surface area (Å²) < 4.78 is 43.0. The quantitative estimate of drug-likeness (QED) is 0.708. The van der Waals surface area contributed by atoms with Gasteiger partial charge in [-0.2, -0.15) is 5.10 Å². The maximum atomic E-state index is 14.5. The number of carbonyl (C=O) groups is 1. The van der Waals surface area contributed by atoms with Gasteiger partial charge in [0.2, 0.25) is 5.91 Å². The van der Waals surface area contributed by atoms with Gasteiger partial charge in [-0.3, -0.25) is 4.79 Å². The number of aromatic nitrogens is 2. The van der Waals surface area contributed by atoms with Crippen molar-refractivity contribution in [3.8, 4) is 5.69 Å². The molecule has 0 saturated heterocycles. The summed E-state index contributed by atoms with van der Waals surface area (Å²) in [4.78, 5) is 12.2. The molecular weight excluding hydrogens is 375 g/mol. The van der Waals surface area contributed by atoms with Crippen LogP contribution in [-0.2, 0) is 4.79 Å². The SMILES string of the molecule is Cc1nn(-c2ccc(F)cc2)c2c1[C@@H](c1cccc(F)c1F)SCC(=O)N2. The molecule has 0 aliphatic carbocycles. The number of amides is 1. The number of rotatable bonds is 2. The molecule has 4 nitrogen and oxygen atoms in total. The highest BCUT2D eigenvalue weighted by atomic mass is 32.2. The van der Waals surface area contributed by atoms with Crippen molar-refractivity contribution in [2.75, 3.05) is 11.1 Å². The van der Waals surface area contributed by atoms with Crippen molar-refractivity contribution in [2.45, 2.75) is 12.2 Å². The largest absolute Gasteiger partial charge is 0.310 e. The van der Waals surface area contributed by atoms with Crippen LogP contribution >= 0.6 is 11.8 Å². The van der Waals surface area contributed by atoms with E-state index in [9.17, 15) is 18.0 Å². The molecule has 1 atom stereocenters. The van der Waals surface area contributed by atoms with Gasteiger partial charge in [0.15, 0.2) is 11.6 Å². The van der Waals surface area contributed by atoms with Gasteiger partial charge in [0.1, 0.15) is 11.6 Å². The van der Waals surface area contributed by atoms with Gasteiger partial charge in [0.05, 0.1) is 22.4 Å². The van der Waals surface area contributed by atoms with Crippen molar-refractivity contribution in [3.63, 3.8) is 0 Å². The van der Waals surface area contributed by atoms with Crippen LogP contribution in [0.3, 0.4) is 0 Å². The van der Waals surface area contributed by atoms with Crippen molar-refractivity contribution in [1.29, 1.82) is 0 Å². The van der Waals surface area contributed by atoms with Crippen LogP contribution < -0.4 is 5.32 Å². The van der Waals surface area contributed by atoms with Gasteiger partial charge in [-0.15, -0.1) is 11.8 Å². The highest BCUT2D eigenvalue weighted by Crippen LogP contribution is 2.44. The first kappa shape index (κ1) is 17.7. The third-order valence-corrected chi connectivity index (χ3v) is 5.59. The summed E-state index contributed by atoms with van der Waals surface area (Å²) in [7, 11) is 0. The fourth-order valence-electron chi connectivity index (χ4n) is 3.12. The molecule has 8 heteroatoms. The highest BCUT2D eigenvalue weighted by Gasteiger charge is 2.32.